The number of hydrogen-bond acceptors (Lipinski definition) is 5. The second-order valence-corrected chi connectivity index (χ2v) is 6.01. The second kappa shape index (κ2) is 11.0. The first-order valence-corrected chi connectivity index (χ1v) is 8.74. The van der Waals surface area contributed by atoms with Crippen LogP contribution in [0.25, 0.3) is 6.08 Å². The van der Waals surface area contributed by atoms with Crippen LogP contribution in [0.5, 0.6) is 11.5 Å². The van der Waals surface area contributed by atoms with Gasteiger partial charge in [-0.3, -0.25) is 4.79 Å². The van der Waals surface area contributed by atoms with Crippen LogP contribution in [0.15, 0.2) is 48.5 Å². The van der Waals surface area contributed by atoms with Crippen molar-refractivity contribution in [1.29, 1.82) is 0 Å². The minimum atomic E-state index is -2.98. The third-order valence-corrected chi connectivity index (χ3v) is 3.96. The lowest BCUT2D eigenvalue weighted by Crippen LogP contribution is -2.28. The number of nitrogens with one attached hydrogen (secondary N) is 1. The Labute approximate surface area is 171 Å². The van der Waals surface area contributed by atoms with Gasteiger partial charge in [-0.05, 0) is 35.4 Å². The molecule has 0 spiro atoms. The van der Waals surface area contributed by atoms with E-state index in [1.807, 2.05) is 0 Å². The fourth-order valence-corrected chi connectivity index (χ4v) is 2.42. The summed E-state index contributed by atoms with van der Waals surface area (Å²) in [6, 6.07) is 11.2. The van der Waals surface area contributed by atoms with Gasteiger partial charge in [0.15, 0.2) is 18.1 Å². The van der Waals surface area contributed by atoms with Gasteiger partial charge in [0.05, 0.1) is 7.11 Å². The Bertz CT molecular complexity index is 889. The number of methoxy groups -OCH3 is 1. The van der Waals surface area contributed by atoms with Crippen LogP contribution in [-0.4, -0.2) is 32.2 Å². The van der Waals surface area contributed by atoms with E-state index in [1.54, 1.807) is 24.3 Å². The molecule has 0 heterocycles. The van der Waals surface area contributed by atoms with Crippen LogP contribution in [0.4, 0.5) is 8.78 Å². The molecule has 0 saturated heterocycles. The summed E-state index contributed by atoms with van der Waals surface area (Å²) >= 11 is 5.99. The van der Waals surface area contributed by atoms with Crippen molar-refractivity contribution in [2.24, 2.45) is 0 Å². The summed E-state index contributed by atoms with van der Waals surface area (Å²) in [5.41, 5.74) is 1.23. The van der Waals surface area contributed by atoms with Gasteiger partial charge in [-0.15, -0.1) is 0 Å². The highest BCUT2D eigenvalue weighted by Crippen LogP contribution is 2.29. The average Bonchev–Trinajstić information content (AvgIpc) is 2.70. The highest BCUT2D eigenvalue weighted by Gasteiger charge is 2.11. The van der Waals surface area contributed by atoms with Gasteiger partial charge in [-0.25, -0.2) is 4.79 Å². The summed E-state index contributed by atoms with van der Waals surface area (Å²) in [4.78, 5) is 23.5. The first-order chi connectivity index (χ1) is 13.9. The van der Waals surface area contributed by atoms with Crippen LogP contribution in [0.2, 0.25) is 5.02 Å². The normalized spacial score (nSPS) is 10.8. The molecule has 0 saturated carbocycles. The van der Waals surface area contributed by atoms with Crippen molar-refractivity contribution in [3.8, 4) is 11.5 Å². The molecular formula is C20H18ClF2NO5. The predicted molar refractivity (Wildman–Crippen MR) is 103 cm³/mol. The minimum absolute atomic E-state index is 0.0831. The molecule has 6 nitrogen and oxygen atoms in total. The number of carbonyl (C=O) groups excluding carboxylic acids is 2. The van der Waals surface area contributed by atoms with Gasteiger partial charge < -0.3 is 19.5 Å². The molecule has 0 aromatic heterocycles. The Morgan fingerprint density at radius 3 is 2.62 bits per heavy atom. The van der Waals surface area contributed by atoms with Gasteiger partial charge in [0.1, 0.15) is 0 Å². The molecule has 1 N–H and O–H groups in total. The van der Waals surface area contributed by atoms with Gasteiger partial charge in [-0.2, -0.15) is 8.78 Å². The lowest BCUT2D eigenvalue weighted by Gasteiger charge is -2.10. The Morgan fingerprint density at radius 2 is 1.93 bits per heavy atom. The molecule has 0 fully saturated rings. The van der Waals surface area contributed by atoms with Crippen molar-refractivity contribution in [1.82, 2.24) is 5.32 Å². The number of rotatable bonds is 9. The smallest absolute Gasteiger partial charge is 0.387 e. The first kappa shape index (κ1) is 22.2. The van der Waals surface area contributed by atoms with E-state index < -0.39 is 25.1 Å². The van der Waals surface area contributed by atoms with Crippen LogP contribution in [0, 0.1) is 0 Å². The highest BCUT2D eigenvalue weighted by molar-refractivity contribution is 6.31. The maximum absolute atomic E-state index is 12.3. The monoisotopic (exact) mass is 425 g/mol. The first-order valence-electron chi connectivity index (χ1n) is 8.37. The van der Waals surface area contributed by atoms with Crippen LogP contribution < -0.4 is 14.8 Å². The van der Waals surface area contributed by atoms with E-state index in [1.165, 1.54) is 31.4 Å². The van der Waals surface area contributed by atoms with Gasteiger partial charge in [0.2, 0.25) is 0 Å². The molecule has 154 valence electrons. The number of ether oxygens (including phenoxy) is 3. The molecule has 0 unspecified atom stereocenters. The zero-order valence-electron chi connectivity index (χ0n) is 15.4. The molecule has 9 heteroatoms. The summed E-state index contributed by atoms with van der Waals surface area (Å²) in [5, 5.41) is 3.11. The summed E-state index contributed by atoms with van der Waals surface area (Å²) in [6.07, 6.45) is 2.49. The molecule has 0 radical (unpaired) electrons. The van der Waals surface area contributed by atoms with Crippen molar-refractivity contribution in [3.05, 3.63) is 64.7 Å². The van der Waals surface area contributed by atoms with E-state index in [4.69, 9.17) is 21.1 Å². The van der Waals surface area contributed by atoms with Crippen molar-refractivity contribution in [2.45, 2.75) is 13.2 Å². The van der Waals surface area contributed by atoms with E-state index in [0.717, 1.165) is 11.6 Å². The zero-order chi connectivity index (χ0) is 21.2. The highest BCUT2D eigenvalue weighted by atomic mass is 35.5. The molecule has 2 aromatic rings. The lowest BCUT2D eigenvalue weighted by molar-refractivity contribution is -0.143. The molecule has 1 amide bonds. The van der Waals surface area contributed by atoms with Crippen LogP contribution in [-0.2, 0) is 20.9 Å². The number of benzene rings is 2. The molecule has 0 aliphatic rings. The molecule has 29 heavy (non-hydrogen) atoms. The molecule has 0 aliphatic carbocycles. The number of esters is 1. The summed E-state index contributed by atoms with van der Waals surface area (Å²) in [7, 11) is 1.30. The van der Waals surface area contributed by atoms with E-state index >= 15 is 0 Å². The SMILES string of the molecule is COc1cc(C=CC(=O)OCC(=O)NCc2ccccc2Cl)ccc1OC(F)F. The minimum Gasteiger partial charge on any atom is -0.493 e. The molecule has 0 aliphatic heterocycles. The number of alkyl halides is 2. The molecular weight excluding hydrogens is 408 g/mol. The van der Waals surface area contributed by atoms with Crippen LogP contribution in [0.1, 0.15) is 11.1 Å². The third kappa shape index (κ3) is 7.42. The zero-order valence-corrected chi connectivity index (χ0v) is 16.1. The Hall–Kier alpha value is -3.13. The summed E-state index contributed by atoms with van der Waals surface area (Å²) < 4.78 is 38.8. The van der Waals surface area contributed by atoms with E-state index in [9.17, 15) is 18.4 Å². The van der Waals surface area contributed by atoms with Crippen molar-refractivity contribution in [3.63, 3.8) is 0 Å². The molecule has 0 bridgehead atoms. The fourth-order valence-electron chi connectivity index (χ4n) is 2.22. The number of halogens is 3. The van der Waals surface area contributed by atoms with Gasteiger partial charge >= 0.3 is 12.6 Å². The van der Waals surface area contributed by atoms with Gasteiger partial charge in [-0.1, -0.05) is 35.9 Å². The molecule has 2 rings (SSSR count). The van der Waals surface area contributed by atoms with Gasteiger partial charge in [0.25, 0.3) is 5.91 Å². The lowest BCUT2D eigenvalue weighted by atomic mass is 10.2. The Balaban J connectivity index is 1.83. The van der Waals surface area contributed by atoms with E-state index in [0.29, 0.717) is 10.6 Å². The predicted octanol–water partition coefficient (Wildman–Crippen LogP) is 3.82. The summed E-state index contributed by atoms with van der Waals surface area (Å²) in [5.74, 6) is -1.27. The summed E-state index contributed by atoms with van der Waals surface area (Å²) in [6.45, 7) is -3.24. The fraction of sp³-hybridized carbons (Fsp3) is 0.200. The standard InChI is InChI=1S/C20H18ClF2NO5/c1-27-17-10-13(6-8-16(17)29-20(22)23)7-9-19(26)28-12-18(25)24-11-14-4-2-3-5-15(14)21/h2-10,20H,11-12H2,1H3,(H,24,25). The van der Waals surface area contributed by atoms with Crippen molar-refractivity contribution < 1.29 is 32.6 Å². The van der Waals surface area contributed by atoms with Crippen LogP contribution >= 0.6 is 11.6 Å². The van der Waals surface area contributed by atoms with E-state index in [2.05, 4.69) is 10.1 Å². The Kier molecular flexibility index (Phi) is 8.42. The second-order valence-electron chi connectivity index (χ2n) is 5.60. The van der Waals surface area contributed by atoms with E-state index in [-0.39, 0.29) is 18.0 Å². The van der Waals surface area contributed by atoms with Crippen molar-refractivity contribution in [2.75, 3.05) is 13.7 Å². The average molecular weight is 426 g/mol. The topological polar surface area (TPSA) is 73.9 Å². The van der Waals surface area contributed by atoms with Crippen molar-refractivity contribution >= 4 is 29.6 Å². The Morgan fingerprint density at radius 1 is 1.17 bits per heavy atom. The van der Waals surface area contributed by atoms with Crippen LogP contribution in [0.3, 0.4) is 0 Å². The quantitative estimate of drug-likeness (QED) is 0.488. The maximum atomic E-state index is 12.3. The number of hydrogen-bond donors (Lipinski definition) is 1. The third-order valence-electron chi connectivity index (χ3n) is 3.59. The number of carbonyl (C=O) groups is 2. The largest absolute Gasteiger partial charge is 0.493 e. The van der Waals surface area contributed by atoms with Gasteiger partial charge in [0, 0.05) is 17.6 Å². The number of amides is 1. The maximum Gasteiger partial charge on any atom is 0.387 e. The molecule has 2 aromatic carbocycles. The molecule has 0 atom stereocenters.